The zero-order valence-electron chi connectivity index (χ0n) is 11.7. The molecule has 102 valence electrons. The standard InChI is InChI=1S/C16H22N2O/c1-3-16(4-2,12-17)19-11-14-10-9-13-7-5-6-8-15(13)18-14/h5-10H,3-4,11-12,17H2,1-2H3. The molecular formula is C16H22N2O. The van der Waals surface area contributed by atoms with Crippen molar-refractivity contribution in [3.63, 3.8) is 0 Å². The molecule has 0 aliphatic rings. The average molecular weight is 258 g/mol. The molecule has 3 nitrogen and oxygen atoms in total. The van der Waals surface area contributed by atoms with Gasteiger partial charge in [-0.15, -0.1) is 0 Å². The Morgan fingerprint density at radius 2 is 1.84 bits per heavy atom. The average Bonchev–Trinajstić information content (AvgIpc) is 2.49. The van der Waals surface area contributed by atoms with E-state index in [9.17, 15) is 0 Å². The van der Waals surface area contributed by atoms with Crippen LogP contribution in [0.15, 0.2) is 36.4 Å². The van der Waals surface area contributed by atoms with Crippen LogP contribution in [0.4, 0.5) is 0 Å². The molecule has 1 aromatic heterocycles. The maximum absolute atomic E-state index is 6.02. The summed E-state index contributed by atoms with van der Waals surface area (Å²) < 4.78 is 6.02. The molecule has 1 heterocycles. The quantitative estimate of drug-likeness (QED) is 0.865. The van der Waals surface area contributed by atoms with Crippen molar-refractivity contribution in [1.82, 2.24) is 4.98 Å². The van der Waals surface area contributed by atoms with Crippen molar-refractivity contribution in [3.8, 4) is 0 Å². The normalized spacial score (nSPS) is 11.9. The maximum atomic E-state index is 6.02. The highest BCUT2D eigenvalue weighted by molar-refractivity contribution is 5.78. The molecule has 0 saturated carbocycles. The second-order valence-corrected chi connectivity index (χ2v) is 4.88. The highest BCUT2D eigenvalue weighted by atomic mass is 16.5. The van der Waals surface area contributed by atoms with Crippen molar-refractivity contribution in [1.29, 1.82) is 0 Å². The predicted molar refractivity (Wildman–Crippen MR) is 78.9 cm³/mol. The van der Waals surface area contributed by atoms with Crippen LogP contribution >= 0.6 is 0 Å². The summed E-state index contributed by atoms with van der Waals surface area (Å²) in [6.45, 7) is 5.30. The third kappa shape index (κ3) is 3.11. The molecule has 3 heteroatoms. The zero-order valence-corrected chi connectivity index (χ0v) is 11.7. The monoisotopic (exact) mass is 258 g/mol. The van der Waals surface area contributed by atoms with Crippen molar-refractivity contribution in [3.05, 3.63) is 42.1 Å². The summed E-state index contributed by atoms with van der Waals surface area (Å²) in [6.07, 6.45) is 1.85. The van der Waals surface area contributed by atoms with Gasteiger partial charge >= 0.3 is 0 Å². The van der Waals surface area contributed by atoms with Gasteiger partial charge in [0.2, 0.25) is 0 Å². The van der Waals surface area contributed by atoms with Crippen LogP contribution in [-0.2, 0) is 11.3 Å². The van der Waals surface area contributed by atoms with E-state index in [0.29, 0.717) is 13.2 Å². The van der Waals surface area contributed by atoms with Gasteiger partial charge in [0.15, 0.2) is 0 Å². The Kier molecular flexibility index (Phi) is 4.51. The Labute approximate surface area is 114 Å². The van der Waals surface area contributed by atoms with Crippen molar-refractivity contribution < 1.29 is 4.74 Å². The third-order valence-corrected chi connectivity index (χ3v) is 3.84. The second kappa shape index (κ2) is 6.13. The number of pyridine rings is 1. The highest BCUT2D eigenvalue weighted by Crippen LogP contribution is 2.21. The molecule has 1 aromatic carbocycles. The van der Waals surface area contributed by atoms with Gasteiger partial charge in [-0.25, -0.2) is 0 Å². The number of hydrogen-bond donors (Lipinski definition) is 1. The summed E-state index contributed by atoms with van der Waals surface area (Å²) in [5.74, 6) is 0. The van der Waals surface area contributed by atoms with E-state index in [0.717, 1.165) is 29.4 Å². The number of fused-ring (bicyclic) bond motifs is 1. The lowest BCUT2D eigenvalue weighted by Gasteiger charge is -2.30. The van der Waals surface area contributed by atoms with Gasteiger partial charge in [0, 0.05) is 11.9 Å². The summed E-state index contributed by atoms with van der Waals surface area (Å²) in [5, 5.41) is 1.15. The Balaban J connectivity index is 2.13. The fourth-order valence-corrected chi connectivity index (χ4v) is 2.22. The number of para-hydroxylation sites is 1. The van der Waals surface area contributed by atoms with E-state index in [4.69, 9.17) is 10.5 Å². The smallest absolute Gasteiger partial charge is 0.0896 e. The molecule has 19 heavy (non-hydrogen) atoms. The molecule has 0 amide bonds. The third-order valence-electron chi connectivity index (χ3n) is 3.84. The molecule has 2 N–H and O–H groups in total. The number of hydrogen-bond acceptors (Lipinski definition) is 3. The molecule has 0 spiro atoms. The summed E-state index contributed by atoms with van der Waals surface area (Å²) in [4.78, 5) is 4.62. The Hall–Kier alpha value is -1.45. The van der Waals surface area contributed by atoms with E-state index in [1.54, 1.807) is 0 Å². The first-order chi connectivity index (χ1) is 9.23. The van der Waals surface area contributed by atoms with Crippen LogP contribution in [0.3, 0.4) is 0 Å². The summed E-state index contributed by atoms with van der Waals surface area (Å²) >= 11 is 0. The van der Waals surface area contributed by atoms with E-state index in [1.807, 2.05) is 24.3 Å². The number of aromatic nitrogens is 1. The van der Waals surface area contributed by atoms with E-state index >= 15 is 0 Å². The first kappa shape index (κ1) is 14.0. The van der Waals surface area contributed by atoms with Gasteiger partial charge in [-0.05, 0) is 25.0 Å². The molecule has 2 rings (SSSR count). The van der Waals surface area contributed by atoms with Gasteiger partial charge in [-0.2, -0.15) is 0 Å². The Morgan fingerprint density at radius 1 is 1.11 bits per heavy atom. The molecule has 0 unspecified atom stereocenters. The van der Waals surface area contributed by atoms with E-state index in [-0.39, 0.29) is 5.60 Å². The van der Waals surface area contributed by atoms with Gasteiger partial charge in [0.25, 0.3) is 0 Å². The fraction of sp³-hybridized carbons (Fsp3) is 0.438. The van der Waals surface area contributed by atoms with Gasteiger partial charge < -0.3 is 10.5 Å². The van der Waals surface area contributed by atoms with Gasteiger partial charge in [-0.3, -0.25) is 4.98 Å². The van der Waals surface area contributed by atoms with Gasteiger partial charge in [0.1, 0.15) is 0 Å². The summed E-state index contributed by atoms with van der Waals surface area (Å²) in [7, 11) is 0. The zero-order chi connectivity index (χ0) is 13.7. The largest absolute Gasteiger partial charge is 0.367 e. The molecule has 0 fully saturated rings. The first-order valence-corrected chi connectivity index (χ1v) is 6.91. The number of nitrogens with zero attached hydrogens (tertiary/aromatic N) is 1. The first-order valence-electron chi connectivity index (χ1n) is 6.91. The van der Waals surface area contributed by atoms with E-state index in [1.165, 1.54) is 0 Å². The van der Waals surface area contributed by atoms with Crippen LogP contribution < -0.4 is 5.73 Å². The van der Waals surface area contributed by atoms with Crippen LogP contribution in [0, 0.1) is 0 Å². The van der Waals surface area contributed by atoms with Crippen molar-refractivity contribution >= 4 is 10.9 Å². The number of rotatable bonds is 6. The minimum absolute atomic E-state index is 0.215. The summed E-state index contributed by atoms with van der Waals surface area (Å²) in [6, 6.07) is 12.2. The van der Waals surface area contributed by atoms with Gasteiger partial charge in [0.05, 0.1) is 23.4 Å². The van der Waals surface area contributed by atoms with Gasteiger partial charge in [-0.1, -0.05) is 38.1 Å². The van der Waals surface area contributed by atoms with Crippen LogP contribution in [0.1, 0.15) is 32.4 Å². The van der Waals surface area contributed by atoms with Crippen LogP contribution in [0.2, 0.25) is 0 Å². The van der Waals surface area contributed by atoms with Crippen LogP contribution in [0.25, 0.3) is 10.9 Å². The van der Waals surface area contributed by atoms with E-state index < -0.39 is 0 Å². The van der Waals surface area contributed by atoms with Crippen molar-refractivity contribution in [2.75, 3.05) is 6.54 Å². The molecule has 0 atom stereocenters. The Bertz CT molecular complexity index is 527. The molecule has 2 aromatic rings. The number of ether oxygens (including phenoxy) is 1. The lowest BCUT2D eigenvalue weighted by atomic mass is 9.97. The number of nitrogens with two attached hydrogens (primary N) is 1. The molecule has 0 aliphatic heterocycles. The highest BCUT2D eigenvalue weighted by Gasteiger charge is 2.25. The lowest BCUT2D eigenvalue weighted by molar-refractivity contribution is -0.0564. The van der Waals surface area contributed by atoms with Crippen molar-refractivity contribution in [2.45, 2.75) is 38.9 Å². The molecule has 0 saturated heterocycles. The molecule has 0 radical (unpaired) electrons. The van der Waals surface area contributed by atoms with Crippen LogP contribution in [-0.4, -0.2) is 17.1 Å². The maximum Gasteiger partial charge on any atom is 0.0896 e. The van der Waals surface area contributed by atoms with E-state index in [2.05, 4.69) is 31.0 Å². The SMILES string of the molecule is CCC(CC)(CN)OCc1ccc2ccccc2n1. The Morgan fingerprint density at radius 3 is 2.53 bits per heavy atom. The predicted octanol–water partition coefficient (Wildman–Crippen LogP) is 3.27. The van der Waals surface area contributed by atoms with Crippen molar-refractivity contribution in [2.24, 2.45) is 5.73 Å². The van der Waals surface area contributed by atoms with Crippen LogP contribution in [0.5, 0.6) is 0 Å². The number of benzene rings is 1. The summed E-state index contributed by atoms with van der Waals surface area (Å²) in [5.41, 5.74) is 7.59. The minimum atomic E-state index is -0.215. The molecular weight excluding hydrogens is 236 g/mol. The molecule has 0 bridgehead atoms. The fourth-order valence-electron chi connectivity index (χ4n) is 2.22. The lowest BCUT2D eigenvalue weighted by Crippen LogP contribution is -2.39. The topological polar surface area (TPSA) is 48.1 Å². The second-order valence-electron chi connectivity index (χ2n) is 4.88. The molecule has 0 aliphatic carbocycles. The minimum Gasteiger partial charge on any atom is -0.367 e.